The van der Waals surface area contributed by atoms with Crippen molar-refractivity contribution < 1.29 is 4.39 Å². The number of unbranched alkanes of at least 4 members (excludes halogenated alkanes) is 1. The molecule has 0 radical (unpaired) electrons. The van der Waals surface area contributed by atoms with E-state index in [1.807, 2.05) is 12.1 Å². The molecule has 0 amide bonds. The first-order valence-electron chi connectivity index (χ1n) is 7.87. The van der Waals surface area contributed by atoms with Gasteiger partial charge in [0.15, 0.2) is 0 Å². The Kier molecular flexibility index (Phi) is 5.17. The van der Waals surface area contributed by atoms with E-state index in [0.717, 1.165) is 37.9 Å². The van der Waals surface area contributed by atoms with E-state index in [1.165, 1.54) is 25.0 Å². The van der Waals surface area contributed by atoms with Crippen molar-refractivity contribution in [2.45, 2.75) is 57.5 Å². The minimum atomic E-state index is -0.381. The van der Waals surface area contributed by atoms with Crippen LogP contribution in [0.3, 0.4) is 0 Å². The Morgan fingerprint density at radius 2 is 1.85 bits per heavy atom. The van der Waals surface area contributed by atoms with Crippen LogP contribution in [0.4, 0.5) is 4.39 Å². The maximum absolute atomic E-state index is 13.2. The van der Waals surface area contributed by atoms with Crippen LogP contribution in [0.1, 0.15) is 51.5 Å². The van der Waals surface area contributed by atoms with Crippen LogP contribution in [-0.4, -0.2) is 24.0 Å². The number of hydrogen-bond acceptors (Lipinski definition) is 2. The molecular formula is C17H27FN2. The summed E-state index contributed by atoms with van der Waals surface area (Å²) in [5.74, 6) is -0.194. The molecule has 0 bridgehead atoms. The normalized spacial score (nSPS) is 20.8. The van der Waals surface area contributed by atoms with E-state index in [-0.39, 0.29) is 11.4 Å². The molecule has 20 heavy (non-hydrogen) atoms. The van der Waals surface area contributed by atoms with Gasteiger partial charge in [0.05, 0.1) is 5.54 Å². The Balaban J connectivity index is 2.25. The molecule has 2 rings (SSSR count). The Bertz CT molecular complexity index is 412. The predicted octanol–water partition coefficient (Wildman–Crippen LogP) is 3.65. The highest BCUT2D eigenvalue weighted by Crippen LogP contribution is 2.32. The second-order valence-electron chi connectivity index (χ2n) is 6.07. The molecule has 0 aromatic heterocycles. The molecule has 1 aromatic carbocycles. The lowest BCUT2D eigenvalue weighted by atomic mass is 9.79. The van der Waals surface area contributed by atoms with Gasteiger partial charge in [0.1, 0.15) is 5.82 Å². The lowest BCUT2D eigenvalue weighted by Crippen LogP contribution is -2.54. The summed E-state index contributed by atoms with van der Waals surface area (Å²) >= 11 is 0. The number of nitrogens with two attached hydrogens (primary N) is 1. The van der Waals surface area contributed by atoms with Gasteiger partial charge in [0.2, 0.25) is 0 Å². The molecule has 2 N–H and O–H groups in total. The minimum Gasteiger partial charge on any atom is -0.320 e. The smallest absolute Gasteiger partial charge is 0.123 e. The fraction of sp³-hybridized carbons (Fsp3) is 0.647. The molecule has 0 spiro atoms. The van der Waals surface area contributed by atoms with Crippen molar-refractivity contribution in [3.63, 3.8) is 0 Å². The monoisotopic (exact) mass is 278 g/mol. The molecule has 1 heterocycles. The summed E-state index contributed by atoms with van der Waals surface area (Å²) in [5.41, 5.74) is 7.50. The van der Waals surface area contributed by atoms with Gasteiger partial charge in [-0.05, 0) is 57.0 Å². The molecule has 112 valence electrons. The van der Waals surface area contributed by atoms with Crippen LogP contribution in [0.15, 0.2) is 24.3 Å². The van der Waals surface area contributed by atoms with Crippen LogP contribution >= 0.6 is 0 Å². The molecule has 3 heteroatoms. The SMILES string of the molecule is CCCCC(N)(c1ccc(F)cc1)C(C)N1CCCC1. The second-order valence-corrected chi connectivity index (χ2v) is 6.07. The summed E-state index contributed by atoms with van der Waals surface area (Å²) in [6.45, 7) is 6.68. The quantitative estimate of drug-likeness (QED) is 0.860. The van der Waals surface area contributed by atoms with Gasteiger partial charge in [-0.2, -0.15) is 0 Å². The van der Waals surface area contributed by atoms with Crippen molar-refractivity contribution in [2.75, 3.05) is 13.1 Å². The average Bonchev–Trinajstić information content (AvgIpc) is 2.98. The lowest BCUT2D eigenvalue weighted by molar-refractivity contribution is 0.149. The van der Waals surface area contributed by atoms with Gasteiger partial charge >= 0.3 is 0 Å². The molecule has 2 unspecified atom stereocenters. The highest BCUT2D eigenvalue weighted by molar-refractivity contribution is 5.27. The Labute approximate surface area is 122 Å². The first-order valence-corrected chi connectivity index (χ1v) is 7.87. The molecule has 1 aromatic rings. The van der Waals surface area contributed by atoms with Crippen LogP contribution in [0, 0.1) is 5.82 Å². The molecule has 2 nitrogen and oxygen atoms in total. The van der Waals surface area contributed by atoms with E-state index in [0.29, 0.717) is 6.04 Å². The van der Waals surface area contributed by atoms with Crippen LogP contribution in [0.25, 0.3) is 0 Å². The number of likely N-dealkylation sites (tertiary alicyclic amines) is 1. The van der Waals surface area contributed by atoms with Crippen LogP contribution in [-0.2, 0) is 5.54 Å². The molecular weight excluding hydrogens is 251 g/mol. The zero-order valence-electron chi connectivity index (χ0n) is 12.7. The minimum absolute atomic E-state index is 0.194. The van der Waals surface area contributed by atoms with Crippen molar-refractivity contribution >= 4 is 0 Å². The van der Waals surface area contributed by atoms with Gasteiger partial charge in [0, 0.05) is 6.04 Å². The number of nitrogens with zero attached hydrogens (tertiary/aromatic N) is 1. The average molecular weight is 278 g/mol. The van der Waals surface area contributed by atoms with E-state index >= 15 is 0 Å². The van der Waals surface area contributed by atoms with Crippen LogP contribution in [0.2, 0.25) is 0 Å². The first-order chi connectivity index (χ1) is 9.58. The number of benzene rings is 1. The maximum Gasteiger partial charge on any atom is 0.123 e. The maximum atomic E-state index is 13.2. The molecule has 2 atom stereocenters. The van der Waals surface area contributed by atoms with Gasteiger partial charge < -0.3 is 5.73 Å². The molecule has 1 fully saturated rings. The summed E-state index contributed by atoms with van der Waals surface area (Å²) in [6, 6.07) is 7.07. The molecule has 0 aliphatic carbocycles. The summed E-state index contributed by atoms with van der Waals surface area (Å²) < 4.78 is 13.2. The van der Waals surface area contributed by atoms with Gasteiger partial charge in [0.25, 0.3) is 0 Å². The molecule has 0 saturated carbocycles. The van der Waals surface area contributed by atoms with Gasteiger partial charge in [-0.3, -0.25) is 4.90 Å². The van der Waals surface area contributed by atoms with E-state index in [1.54, 1.807) is 0 Å². The molecule has 1 saturated heterocycles. The summed E-state index contributed by atoms with van der Waals surface area (Å²) in [5, 5.41) is 0. The first kappa shape index (κ1) is 15.5. The Hall–Kier alpha value is -0.930. The third-order valence-electron chi connectivity index (χ3n) is 4.76. The molecule has 1 aliphatic heterocycles. The largest absolute Gasteiger partial charge is 0.320 e. The lowest BCUT2D eigenvalue weighted by Gasteiger charge is -2.41. The number of hydrogen-bond donors (Lipinski definition) is 1. The number of halogens is 1. The second kappa shape index (κ2) is 6.68. The van der Waals surface area contributed by atoms with E-state index in [4.69, 9.17) is 5.73 Å². The van der Waals surface area contributed by atoms with Crippen molar-refractivity contribution in [1.82, 2.24) is 4.90 Å². The summed E-state index contributed by atoms with van der Waals surface area (Å²) in [6.07, 6.45) is 5.71. The summed E-state index contributed by atoms with van der Waals surface area (Å²) in [4.78, 5) is 2.49. The predicted molar refractivity (Wildman–Crippen MR) is 82.1 cm³/mol. The van der Waals surface area contributed by atoms with Gasteiger partial charge in [-0.25, -0.2) is 4.39 Å². The van der Waals surface area contributed by atoms with Crippen LogP contribution in [0.5, 0.6) is 0 Å². The Morgan fingerprint density at radius 1 is 1.25 bits per heavy atom. The third-order valence-corrected chi connectivity index (χ3v) is 4.76. The van der Waals surface area contributed by atoms with E-state index in [9.17, 15) is 4.39 Å². The van der Waals surface area contributed by atoms with Gasteiger partial charge in [-0.15, -0.1) is 0 Å². The highest BCUT2D eigenvalue weighted by atomic mass is 19.1. The van der Waals surface area contributed by atoms with Gasteiger partial charge in [-0.1, -0.05) is 31.9 Å². The van der Waals surface area contributed by atoms with Crippen molar-refractivity contribution in [3.8, 4) is 0 Å². The van der Waals surface area contributed by atoms with E-state index < -0.39 is 0 Å². The highest BCUT2D eigenvalue weighted by Gasteiger charge is 2.37. The summed E-state index contributed by atoms with van der Waals surface area (Å²) in [7, 11) is 0. The number of rotatable bonds is 6. The zero-order valence-corrected chi connectivity index (χ0v) is 12.7. The van der Waals surface area contributed by atoms with Crippen molar-refractivity contribution in [1.29, 1.82) is 0 Å². The van der Waals surface area contributed by atoms with Crippen molar-refractivity contribution in [2.24, 2.45) is 5.73 Å². The fourth-order valence-corrected chi connectivity index (χ4v) is 3.28. The Morgan fingerprint density at radius 3 is 2.40 bits per heavy atom. The standard InChI is InChI=1S/C17H27FN2/c1-3-4-11-17(19,14(2)20-12-5-6-13-20)15-7-9-16(18)10-8-15/h7-10,14H,3-6,11-13,19H2,1-2H3. The fourth-order valence-electron chi connectivity index (χ4n) is 3.28. The van der Waals surface area contributed by atoms with E-state index in [2.05, 4.69) is 18.7 Å². The van der Waals surface area contributed by atoms with Crippen LogP contribution < -0.4 is 5.73 Å². The zero-order chi connectivity index (χ0) is 14.6. The topological polar surface area (TPSA) is 29.3 Å². The van der Waals surface area contributed by atoms with Crippen molar-refractivity contribution in [3.05, 3.63) is 35.6 Å². The molecule has 1 aliphatic rings. The third kappa shape index (κ3) is 3.21.